The van der Waals surface area contributed by atoms with Gasteiger partial charge >= 0.3 is 0 Å². The molecule has 0 aromatic carbocycles. The first kappa shape index (κ1) is 9.76. The van der Waals surface area contributed by atoms with Crippen LogP contribution in [0.4, 0.5) is 0 Å². The molecule has 0 aromatic rings. The summed E-state index contributed by atoms with van der Waals surface area (Å²) < 4.78 is 7.78. The molecule has 0 aliphatic carbocycles. The van der Waals surface area contributed by atoms with Gasteiger partial charge in [0, 0.05) is 0 Å². The van der Waals surface area contributed by atoms with Crippen LogP contribution in [0.1, 0.15) is 13.8 Å². The molecule has 68 valence electrons. The van der Waals surface area contributed by atoms with Crippen molar-refractivity contribution in [2.45, 2.75) is 13.8 Å². The third kappa shape index (κ3) is 1.70. The molecule has 0 aromatic heterocycles. The molecule has 0 radical (unpaired) electrons. The summed E-state index contributed by atoms with van der Waals surface area (Å²) in [6.45, 7) is 4.84. The quantitative estimate of drug-likeness (QED) is 0.604. The highest BCUT2D eigenvalue weighted by Crippen LogP contribution is 2.21. The third-order valence-corrected chi connectivity index (χ3v) is 2.26. The van der Waals surface area contributed by atoms with Crippen LogP contribution < -0.4 is 3.53 Å². The lowest BCUT2D eigenvalue weighted by Gasteiger charge is -2.20. The van der Waals surface area contributed by atoms with Gasteiger partial charge < -0.3 is 4.74 Å². The molecule has 0 saturated heterocycles. The van der Waals surface area contributed by atoms with Gasteiger partial charge in [-0.2, -0.15) is 0 Å². The van der Waals surface area contributed by atoms with Crippen molar-refractivity contribution in [3.05, 3.63) is 0 Å². The van der Waals surface area contributed by atoms with Gasteiger partial charge in [0.2, 0.25) is 5.91 Å². The predicted molar refractivity (Wildman–Crippen MR) is 54.2 cm³/mol. The van der Waals surface area contributed by atoms with Crippen LogP contribution in [-0.2, 0) is 9.53 Å². The molecule has 0 saturated carbocycles. The van der Waals surface area contributed by atoms with E-state index in [2.05, 4.69) is 8.52 Å². The van der Waals surface area contributed by atoms with Gasteiger partial charge in [0.1, 0.15) is 12.0 Å². The van der Waals surface area contributed by atoms with Crippen molar-refractivity contribution in [1.82, 2.24) is 3.53 Å². The van der Waals surface area contributed by atoms with E-state index in [9.17, 15) is 4.79 Å². The predicted octanol–water partition coefficient (Wildman–Crippen LogP) is 0.907. The number of nitrogens with one attached hydrogen (secondary N) is 1. The van der Waals surface area contributed by atoms with Crippen LogP contribution in [0.25, 0.3) is 0 Å². The smallest absolute Gasteiger partial charge is 0.243 e. The molecule has 4 nitrogen and oxygen atoms in total. The average molecular weight is 282 g/mol. The zero-order valence-electron chi connectivity index (χ0n) is 7.06. The standard InChI is InChI=1S/C7H11IN2O2/c1-7(2,5(11)10-8)6-9-3-4-12-6/h3-4H2,1-2H3,(H,10,11). The van der Waals surface area contributed by atoms with Crippen LogP contribution in [0.15, 0.2) is 4.99 Å². The largest absolute Gasteiger partial charge is 0.478 e. The topological polar surface area (TPSA) is 50.7 Å². The lowest BCUT2D eigenvalue weighted by atomic mass is 9.92. The molecular formula is C7H11IN2O2. The third-order valence-electron chi connectivity index (χ3n) is 1.77. The Morgan fingerprint density at radius 2 is 2.42 bits per heavy atom. The minimum Gasteiger partial charge on any atom is -0.478 e. The molecule has 0 fully saturated rings. The Bertz CT molecular complexity index is 225. The van der Waals surface area contributed by atoms with Crippen molar-refractivity contribution in [3.63, 3.8) is 0 Å². The van der Waals surface area contributed by atoms with Crippen molar-refractivity contribution >= 4 is 34.7 Å². The molecule has 1 aliphatic heterocycles. The summed E-state index contributed by atoms with van der Waals surface area (Å²) in [5.41, 5.74) is -0.641. The number of hydrogen-bond donors (Lipinski definition) is 1. The number of ether oxygens (including phenoxy) is 1. The van der Waals surface area contributed by atoms with E-state index in [4.69, 9.17) is 4.74 Å². The van der Waals surface area contributed by atoms with Crippen molar-refractivity contribution in [2.24, 2.45) is 10.4 Å². The number of halogens is 1. The van der Waals surface area contributed by atoms with Crippen molar-refractivity contribution in [3.8, 4) is 0 Å². The fraction of sp³-hybridized carbons (Fsp3) is 0.714. The fourth-order valence-electron chi connectivity index (χ4n) is 0.928. The van der Waals surface area contributed by atoms with Gasteiger partial charge in [-0.05, 0) is 13.8 Å². The number of carbonyl (C=O) groups is 1. The summed E-state index contributed by atoms with van der Waals surface area (Å²) >= 11 is 1.82. The zero-order chi connectivity index (χ0) is 9.19. The van der Waals surface area contributed by atoms with E-state index in [0.717, 1.165) is 0 Å². The summed E-state index contributed by atoms with van der Waals surface area (Å²) in [4.78, 5) is 15.4. The lowest BCUT2D eigenvalue weighted by Crippen LogP contribution is -2.38. The zero-order valence-corrected chi connectivity index (χ0v) is 9.21. The summed E-state index contributed by atoms with van der Waals surface area (Å²) in [7, 11) is 0. The summed E-state index contributed by atoms with van der Waals surface area (Å²) in [6.07, 6.45) is 0. The van der Waals surface area contributed by atoms with E-state index < -0.39 is 5.41 Å². The van der Waals surface area contributed by atoms with Crippen LogP contribution in [0, 0.1) is 5.41 Å². The number of carbonyl (C=O) groups excluding carboxylic acids is 1. The highest BCUT2D eigenvalue weighted by molar-refractivity contribution is 14.1. The van der Waals surface area contributed by atoms with Crippen LogP contribution in [-0.4, -0.2) is 25.0 Å². The Morgan fingerprint density at radius 3 is 2.83 bits per heavy atom. The Balaban J connectivity index is 2.76. The number of amides is 1. The van der Waals surface area contributed by atoms with E-state index in [1.807, 2.05) is 22.9 Å². The van der Waals surface area contributed by atoms with Crippen LogP contribution >= 0.6 is 22.9 Å². The normalized spacial score (nSPS) is 16.8. The fourth-order valence-corrected chi connectivity index (χ4v) is 1.60. The van der Waals surface area contributed by atoms with Gasteiger partial charge in [0.25, 0.3) is 0 Å². The first-order valence-electron chi connectivity index (χ1n) is 3.68. The van der Waals surface area contributed by atoms with E-state index in [-0.39, 0.29) is 5.91 Å². The summed E-state index contributed by atoms with van der Waals surface area (Å²) in [5.74, 6) is 0.459. The Hall–Kier alpha value is -0.330. The second-order valence-corrected chi connectivity index (χ2v) is 3.62. The SMILES string of the molecule is CC(C)(C(=O)NI)C1=NCCO1. The minimum atomic E-state index is -0.641. The number of hydrogen-bond acceptors (Lipinski definition) is 3. The van der Waals surface area contributed by atoms with Crippen LogP contribution in [0.2, 0.25) is 0 Å². The number of rotatable bonds is 2. The van der Waals surface area contributed by atoms with Gasteiger partial charge in [-0.25, -0.2) is 0 Å². The first-order valence-corrected chi connectivity index (χ1v) is 4.75. The average Bonchev–Trinajstić information content (AvgIpc) is 2.55. The number of aliphatic imine (C=N–C) groups is 1. The van der Waals surface area contributed by atoms with Gasteiger partial charge in [-0.3, -0.25) is 13.3 Å². The van der Waals surface area contributed by atoms with Gasteiger partial charge in [-0.15, -0.1) is 0 Å². The van der Waals surface area contributed by atoms with Crippen LogP contribution in [0.3, 0.4) is 0 Å². The second-order valence-electron chi connectivity index (χ2n) is 3.08. The van der Waals surface area contributed by atoms with Gasteiger partial charge in [0.15, 0.2) is 5.90 Å². The van der Waals surface area contributed by atoms with Crippen molar-refractivity contribution < 1.29 is 9.53 Å². The molecule has 1 rings (SSSR count). The van der Waals surface area contributed by atoms with E-state index in [1.165, 1.54) is 0 Å². The van der Waals surface area contributed by atoms with E-state index in [1.54, 1.807) is 13.8 Å². The van der Waals surface area contributed by atoms with E-state index >= 15 is 0 Å². The van der Waals surface area contributed by atoms with Crippen LogP contribution in [0.5, 0.6) is 0 Å². The second kappa shape index (κ2) is 3.59. The molecule has 1 heterocycles. The minimum absolute atomic E-state index is 0.0799. The van der Waals surface area contributed by atoms with E-state index in [0.29, 0.717) is 19.0 Å². The molecule has 12 heavy (non-hydrogen) atoms. The molecule has 0 spiro atoms. The molecule has 0 atom stereocenters. The Kier molecular flexibility index (Phi) is 2.92. The summed E-state index contributed by atoms with van der Waals surface area (Å²) in [5, 5.41) is 0. The first-order chi connectivity index (χ1) is 5.59. The van der Waals surface area contributed by atoms with Gasteiger partial charge in [-0.1, -0.05) is 0 Å². The van der Waals surface area contributed by atoms with Crippen molar-refractivity contribution in [2.75, 3.05) is 13.2 Å². The molecule has 1 aliphatic rings. The van der Waals surface area contributed by atoms with Crippen molar-refractivity contribution in [1.29, 1.82) is 0 Å². The highest BCUT2D eigenvalue weighted by atomic mass is 127. The molecular weight excluding hydrogens is 271 g/mol. The molecule has 0 bridgehead atoms. The maximum absolute atomic E-state index is 11.3. The Morgan fingerprint density at radius 1 is 1.75 bits per heavy atom. The lowest BCUT2D eigenvalue weighted by molar-refractivity contribution is -0.124. The monoisotopic (exact) mass is 282 g/mol. The maximum Gasteiger partial charge on any atom is 0.243 e. The molecule has 5 heteroatoms. The van der Waals surface area contributed by atoms with Gasteiger partial charge in [0.05, 0.1) is 29.4 Å². The highest BCUT2D eigenvalue weighted by Gasteiger charge is 2.36. The number of nitrogens with zero attached hydrogens (tertiary/aromatic N) is 1. The Labute approximate surface area is 85.3 Å². The molecule has 0 unspecified atom stereocenters. The maximum atomic E-state index is 11.3. The molecule has 1 amide bonds. The summed E-state index contributed by atoms with van der Waals surface area (Å²) in [6, 6.07) is 0. The molecule has 1 N–H and O–H groups in total.